The van der Waals surface area contributed by atoms with E-state index in [-0.39, 0.29) is 29.4 Å². The Kier molecular flexibility index (Phi) is 5.77. The molecule has 0 saturated heterocycles. The number of carbonyl (C=O) groups is 1. The predicted molar refractivity (Wildman–Crippen MR) is 90.9 cm³/mol. The van der Waals surface area contributed by atoms with E-state index >= 15 is 0 Å². The molecule has 2 aromatic rings. The van der Waals surface area contributed by atoms with Crippen LogP contribution in [-0.2, 0) is 6.42 Å². The van der Waals surface area contributed by atoms with Crippen molar-refractivity contribution >= 4 is 5.78 Å². The van der Waals surface area contributed by atoms with Crippen molar-refractivity contribution < 1.29 is 15.0 Å². The molecule has 0 bridgehead atoms. The van der Waals surface area contributed by atoms with E-state index in [0.717, 1.165) is 12.8 Å². The van der Waals surface area contributed by atoms with Crippen LogP contribution in [0.5, 0.6) is 11.5 Å². The molecule has 0 aliphatic heterocycles. The van der Waals surface area contributed by atoms with Crippen LogP contribution in [0.1, 0.15) is 36.2 Å². The molecule has 0 fully saturated rings. The fraction of sp³-hybridized carbons (Fsp3) is 0.316. The summed E-state index contributed by atoms with van der Waals surface area (Å²) in [5.41, 5.74) is 1.67. The molecule has 4 nitrogen and oxygen atoms in total. The van der Waals surface area contributed by atoms with Crippen molar-refractivity contribution in [2.45, 2.75) is 38.8 Å². The number of Topliss-reactive ketones (excluding diaryl/α,β-unsaturated/α-hetero) is 1. The highest BCUT2D eigenvalue weighted by molar-refractivity contribution is 6.00. The third-order valence-electron chi connectivity index (χ3n) is 3.90. The number of aromatic hydroxyl groups is 2. The minimum atomic E-state index is -0.357. The number of rotatable bonds is 7. The summed E-state index contributed by atoms with van der Waals surface area (Å²) in [6.45, 7) is 3.87. The Morgan fingerprint density at radius 3 is 2.39 bits per heavy atom. The maximum absolute atomic E-state index is 12.4. The van der Waals surface area contributed by atoms with Gasteiger partial charge in [0.05, 0.1) is 6.04 Å². The molecule has 0 heterocycles. The van der Waals surface area contributed by atoms with Gasteiger partial charge in [0, 0.05) is 11.6 Å². The lowest BCUT2D eigenvalue weighted by Crippen LogP contribution is -2.40. The van der Waals surface area contributed by atoms with Crippen LogP contribution in [0.2, 0.25) is 0 Å². The molecule has 23 heavy (non-hydrogen) atoms. The Morgan fingerprint density at radius 2 is 1.74 bits per heavy atom. The maximum atomic E-state index is 12.4. The van der Waals surface area contributed by atoms with Crippen LogP contribution >= 0.6 is 0 Å². The Labute approximate surface area is 136 Å². The van der Waals surface area contributed by atoms with Crippen LogP contribution in [0, 0.1) is 0 Å². The number of hydrogen-bond donors (Lipinski definition) is 3. The van der Waals surface area contributed by atoms with Crippen LogP contribution in [0.3, 0.4) is 0 Å². The third-order valence-corrected chi connectivity index (χ3v) is 3.90. The molecule has 0 saturated carbocycles. The number of phenolic OH excluding ortho intramolecular Hbond substituents is 2. The average molecular weight is 313 g/mol. The zero-order valence-corrected chi connectivity index (χ0v) is 13.5. The lowest BCUT2D eigenvalue weighted by molar-refractivity contribution is 0.0944. The number of hydrogen-bond acceptors (Lipinski definition) is 4. The molecule has 122 valence electrons. The van der Waals surface area contributed by atoms with Gasteiger partial charge in [-0.3, -0.25) is 4.79 Å². The first kappa shape index (κ1) is 17.0. The molecular formula is C19H23NO3. The molecule has 2 unspecified atom stereocenters. The monoisotopic (exact) mass is 313 g/mol. The topological polar surface area (TPSA) is 69.6 Å². The van der Waals surface area contributed by atoms with Gasteiger partial charge in [-0.15, -0.1) is 0 Å². The summed E-state index contributed by atoms with van der Waals surface area (Å²) in [4.78, 5) is 12.4. The number of carbonyl (C=O) groups excluding carboxylic acids is 1. The van der Waals surface area contributed by atoms with Gasteiger partial charge in [-0.1, -0.05) is 30.3 Å². The van der Waals surface area contributed by atoms with Crippen molar-refractivity contribution in [3.05, 3.63) is 59.7 Å². The van der Waals surface area contributed by atoms with Crippen LogP contribution in [0.4, 0.5) is 0 Å². The van der Waals surface area contributed by atoms with Gasteiger partial charge in [0.1, 0.15) is 0 Å². The van der Waals surface area contributed by atoms with Gasteiger partial charge in [0.15, 0.2) is 17.3 Å². The van der Waals surface area contributed by atoms with Crippen molar-refractivity contribution in [1.82, 2.24) is 5.32 Å². The van der Waals surface area contributed by atoms with E-state index in [4.69, 9.17) is 0 Å². The van der Waals surface area contributed by atoms with Crippen LogP contribution in [0.15, 0.2) is 48.5 Å². The van der Waals surface area contributed by atoms with Crippen LogP contribution in [0.25, 0.3) is 0 Å². The van der Waals surface area contributed by atoms with Crippen molar-refractivity contribution in [3.8, 4) is 11.5 Å². The van der Waals surface area contributed by atoms with Gasteiger partial charge in [-0.25, -0.2) is 0 Å². The van der Waals surface area contributed by atoms with Crippen molar-refractivity contribution in [2.75, 3.05) is 0 Å². The SMILES string of the molecule is CC(CCc1ccccc1)NC(C)C(=O)c1ccc(O)c(O)c1. The Morgan fingerprint density at radius 1 is 1.04 bits per heavy atom. The fourth-order valence-corrected chi connectivity index (χ4v) is 2.54. The summed E-state index contributed by atoms with van der Waals surface area (Å²) >= 11 is 0. The second kappa shape index (κ2) is 7.79. The molecule has 2 rings (SSSR count). The summed E-state index contributed by atoms with van der Waals surface area (Å²) in [5, 5.41) is 22.1. The Hall–Kier alpha value is -2.33. The first-order valence-electron chi connectivity index (χ1n) is 7.83. The highest BCUT2D eigenvalue weighted by Gasteiger charge is 2.18. The minimum Gasteiger partial charge on any atom is -0.504 e. The quantitative estimate of drug-likeness (QED) is 0.542. The number of phenols is 2. The maximum Gasteiger partial charge on any atom is 0.179 e. The zero-order chi connectivity index (χ0) is 16.8. The van der Waals surface area contributed by atoms with E-state index < -0.39 is 0 Å². The summed E-state index contributed by atoms with van der Waals surface area (Å²) in [5.74, 6) is -0.606. The predicted octanol–water partition coefficient (Wildman–Crippen LogP) is 3.28. The Bertz CT molecular complexity index is 655. The summed E-state index contributed by atoms with van der Waals surface area (Å²) in [6.07, 6.45) is 1.89. The van der Waals surface area contributed by atoms with Gasteiger partial charge < -0.3 is 15.5 Å². The molecule has 0 aromatic heterocycles. The Balaban J connectivity index is 1.88. The fourth-order valence-electron chi connectivity index (χ4n) is 2.54. The normalized spacial score (nSPS) is 13.5. The summed E-state index contributed by atoms with van der Waals surface area (Å²) < 4.78 is 0. The van der Waals surface area contributed by atoms with Gasteiger partial charge >= 0.3 is 0 Å². The van der Waals surface area contributed by atoms with Gasteiger partial charge in [0.2, 0.25) is 0 Å². The zero-order valence-electron chi connectivity index (χ0n) is 13.5. The number of aryl methyl sites for hydroxylation is 1. The molecule has 2 aromatic carbocycles. The lowest BCUT2D eigenvalue weighted by Gasteiger charge is -2.19. The first-order chi connectivity index (χ1) is 11.0. The lowest BCUT2D eigenvalue weighted by atomic mass is 10.0. The van der Waals surface area contributed by atoms with Crippen molar-refractivity contribution in [1.29, 1.82) is 0 Å². The molecule has 0 spiro atoms. The third kappa shape index (κ3) is 4.83. The highest BCUT2D eigenvalue weighted by Crippen LogP contribution is 2.25. The molecule has 0 radical (unpaired) electrons. The molecule has 2 atom stereocenters. The van der Waals surface area contributed by atoms with E-state index in [2.05, 4.69) is 24.4 Å². The highest BCUT2D eigenvalue weighted by atomic mass is 16.3. The van der Waals surface area contributed by atoms with Crippen LogP contribution < -0.4 is 5.32 Å². The summed E-state index contributed by atoms with van der Waals surface area (Å²) in [6, 6.07) is 14.2. The largest absolute Gasteiger partial charge is 0.504 e. The van der Waals surface area contributed by atoms with E-state index in [1.54, 1.807) is 0 Å². The minimum absolute atomic E-state index is 0.105. The number of nitrogens with one attached hydrogen (secondary N) is 1. The van der Waals surface area contributed by atoms with E-state index in [1.807, 2.05) is 25.1 Å². The van der Waals surface area contributed by atoms with Gasteiger partial charge in [0.25, 0.3) is 0 Å². The number of benzene rings is 2. The second-order valence-electron chi connectivity index (χ2n) is 5.88. The molecule has 3 N–H and O–H groups in total. The molecule has 0 aliphatic carbocycles. The second-order valence-corrected chi connectivity index (χ2v) is 5.88. The summed E-state index contributed by atoms with van der Waals surface area (Å²) in [7, 11) is 0. The molecule has 0 aliphatic rings. The first-order valence-corrected chi connectivity index (χ1v) is 7.83. The molecule has 4 heteroatoms. The number of ketones is 1. The van der Waals surface area contributed by atoms with Gasteiger partial charge in [-0.05, 0) is 50.5 Å². The van der Waals surface area contributed by atoms with Crippen molar-refractivity contribution in [2.24, 2.45) is 0 Å². The molecule has 0 amide bonds. The van der Waals surface area contributed by atoms with Crippen molar-refractivity contribution in [3.63, 3.8) is 0 Å². The molecular weight excluding hydrogens is 290 g/mol. The smallest absolute Gasteiger partial charge is 0.179 e. The van der Waals surface area contributed by atoms with E-state index in [1.165, 1.54) is 23.8 Å². The average Bonchev–Trinajstić information content (AvgIpc) is 2.55. The van der Waals surface area contributed by atoms with Crippen LogP contribution in [-0.4, -0.2) is 28.1 Å². The van der Waals surface area contributed by atoms with Gasteiger partial charge in [-0.2, -0.15) is 0 Å². The van der Waals surface area contributed by atoms with E-state index in [9.17, 15) is 15.0 Å². The van der Waals surface area contributed by atoms with E-state index in [0.29, 0.717) is 5.56 Å². The standard InChI is InChI=1S/C19H23NO3/c1-13(8-9-15-6-4-3-5-7-15)20-14(2)19(23)16-10-11-17(21)18(22)12-16/h3-7,10-14,20-22H,8-9H2,1-2H3.